The molecule has 1 saturated heterocycles. The Labute approximate surface area is 188 Å². The van der Waals surface area contributed by atoms with E-state index >= 15 is 0 Å². The molecule has 0 bridgehead atoms. The van der Waals surface area contributed by atoms with Crippen molar-refractivity contribution in [3.8, 4) is 0 Å². The Morgan fingerprint density at radius 1 is 1.00 bits per heavy atom. The number of hydrogen-bond donors (Lipinski definition) is 0. The van der Waals surface area contributed by atoms with Crippen LogP contribution in [0.1, 0.15) is 16.8 Å². The molecule has 1 amide bonds. The van der Waals surface area contributed by atoms with E-state index in [4.69, 9.17) is 0 Å². The number of carbonyl (C=O) groups is 1. The maximum absolute atomic E-state index is 13.2. The Bertz CT molecular complexity index is 1460. The number of aromatic nitrogens is 3. The van der Waals surface area contributed by atoms with Crippen molar-refractivity contribution in [2.45, 2.75) is 11.3 Å². The van der Waals surface area contributed by atoms with Gasteiger partial charge in [0.05, 0.1) is 15.8 Å². The third-order valence-corrected chi connectivity index (χ3v) is 7.65. The van der Waals surface area contributed by atoms with Crippen molar-refractivity contribution >= 4 is 27.0 Å². The van der Waals surface area contributed by atoms with Gasteiger partial charge in [-0.15, -0.1) is 0 Å². The number of carbonyl (C=O) groups excluding carboxylic acids is 1. The molecule has 1 fully saturated rings. The Morgan fingerprint density at radius 3 is 2.39 bits per heavy atom. The SMILES string of the molecule is Cn1c(=O)c2cc(C(=O)N3CCCN(S(=O)(=O)c4ccc(F)cc4)CC3)cnc2n(C)c1=O. The van der Waals surface area contributed by atoms with Gasteiger partial charge in [-0.25, -0.2) is 22.6 Å². The van der Waals surface area contributed by atoms with Crippen molar-refractivity contribution in [2.75, 3.05) is 26.2 Å². The first kappa shape index (κ1) is 22.8. The zero-order valence-corrected chi connectivity index (χ0v) is 18.9. The molecule has 0 N–H and O–H groups in total. The zero-order chi connectivity index (χ0) is 23.9. The van der Waals surface area contributed by atoms with E-state index in [9.17, 15) is 27.2 Å². The average molecular weight is 476 g/mol. The van der Waals surface area contributed by atoms with Crippen molar-refractivity contribution < 1.29 is 17.6 Å². The third kappa shape index (κ3) is 4.07. The van der Waals surface area contributed by atoms with Crippen molar-refractivity contribution in [2.24, 2.45) is 14.1 Å². The monoisotopic (exact) mass is 475 g/mol. The van der Waals surface area contributed by atoms with Gasteiger partial charge in [0.2, 0.25) is 10.0 Å². The molecule has 12 heteroatoms. The van der Waals surface area contributed by atoms with Crippen LogP contribution in [0.25, 0.3) is 11.0 Å². The van der Waals surface area contributed by atoms with Gasteiger partial charge in [0.25, 0.3) is 11.5 Å². The number of pyridine rings is 1. The molecule has 10 nitrogen and oxygen atoms in total. The van der Waals surface area contributed by atoms with Gasteiger partial charge in [0.1, 0.15) is 11.5 Å². The highest BCUT2D eigenvalue weighted by Gasteiger charge is 2.29. The molecule has 0 spiro atoms. The van der Waals surface area contributed by atoms with E-state index in [1.54, 1.807) is 0 Å². The van der Waals surface area contributed by atoms with E-state index in [-0.39, 0.29) is 47.0 Å². The van der Waals surface area contributed by atoms with Crippen LogP contribution >= 0.6 is 0 Å². The Morgan fingerprint density at radius 2 is 1.70 bits per heavy atom. The molecule has 174 valence electrons. The van der Waals surface area contributed by atoms with E-state index in [2.05, 4.69) is 4.98 Å². The third-order valence-electron chi connectivity index (χ3n) is 5.73. The van der Waals surface area contributed by atoms with Crippen molar-refractivity contribution in [3.05, 3.63) is 68.7 Å². The standard InChI is InChI=1S/C21H22FN5O5S/c1-24-18-17(20(29)25(2)21(24)30)12-14(13-23-18)19(28)26-8-3-9-27(11-10-26)33(31,32)16-6-4-15(22)5-7-16/h4-7,12-13H,3,8-11H2,1-2H3. The van der Waals surface area contributed by atoms with Gasteiger partial charge in [-0.2, -0.15) is 4.31 Å². The molecule has 1 aliphatic rings. The lowest BCUT2D eigenvalue weighted by molar-refractivity contribution is 0.0764. The minimum atomic E-state index is -3.82. The molecule has 33 heavy (non-hydrogen) atoms. The van der Waals surface area contributed by atoms with Crippen molar-refractivity contribution in [3.63, 3.8) is 0 Å². The first-order valence-corrected chi connectivity index (χ1v) is 11.7. The number of hydrogen-bond acceptors (Lipinski definition) is 6. The van der Waals surface area contributed by atoms with Gasteiger partial charge >= 0.3 is 5.69 Å². The summed E-state index contributed by atoms with van der Waals surface area (Å²) in [6, 6.07) is 6.02. The van der Waals surface area contributed by atoms with E-state index in [1.165, 1.54) is 52.3 Å². The number of benzene rings is 1. The minimum absolute atomic E-state index is 0.0103. The predicted molar refractivity (Wildman–Crippen MR) is 118 cm³/mol. The quantitative estimate of drug-likeness (QED) is 0.539. The number of nitrogens with zero attached hydrogens (tertiary/aromatic N) is 5. The molecule has 0 unspecified atom stereocenters. The van der Waals surface area contributed by atoms with Crippen LogP contribution < -0.4 is 11.2 Å². The highest BCUT2D eigenvalue weighted by atomic mass is 32.2. The molecule has 2 aromatic heterocycles. The number of aryl methyl sites for hydroxylation is 1. The maximum Gasteiger partial charge on any atom is 0.332 e. The van der Waals surface area contributed by atoms with E-state index < -0.39 is 27.1 Å². The highest BCUT2D eigenvalue weighted by molar-refractivity contribution is 7.89. The number of rotatable bonds is 3. The van der Waals surface area contributed by atoms with Gasteiger partial charge in [-0.3, -0.25) is 18.7 Å². The topological polar surface area (TPSA) is 115 Å². The van der Waals surface area contributed by atoms with E-state index in [0.29, 0.717) is 13.0 Å². The van der Waals surface area contributed by atoms with Crippen LogP contribution in [0.2, 0.25) is 0 Å². The van der Waals surface area contributed by atoms with Crippen LogP contribution in [-0.2, 0) is 24.1 Å². The lowest BCUT2D eigenvalue weighted by Crippen LogP contribution is -2.38. The number of halogens is 1. The maximum atomic E-state index is 13.2. The molecule has 0 saturated carbocycles. The van der Waals surface area contributed by atoms with Crippen LogP contribution in [0.4, 0.5) is 4.39 Å². The summed E-state index contributed by atoms with van der Waals surface area (Å²) in [5, 5.41) is 0.140. The molecule has 0 radical (unpaired) electrons. The molecule has 0 atom stereocenters. The largest absolute Gasteiger partial charge is 0.337 e. The highest BCUT2D eigenvalue weighted by Crippen LogP contribution is 2.19. The second-order valence-corrected chi connectivity index (χ2v) is 9.74. The first-order chi connectivity index (χ1) is 15.6. The van der Waals surface area contributed by atoms with Crippen LogP contribution in [0.3, 0.4) is 0 Å². The zero-order valence-electron chi connectivity index (χ0n) is 18.1. The molecule has 1 aromatic carbocycles. The molecule has 1 aliphatic heterocycles. The number of amides is 1. The Hall–Kier alpha value is -3.38. The smallest absolute Gasteiger partial charge is 0.332 e. The van der Waals surface area contributed by atoms with E-state index in [1.807, 2.05) is 0 Å². The van der Waals surface area contributed by atoms with Crippen LogP contribution in [-0.4, -0.2) is 63.8 Å². The van der Waals surface area contributed by atoms with Crippen LogP contribution in [0.5, 0.6) is 0 Å². The van der Waals surface area contributed by atoms with Gasteiger partial charge in [-0.05, 0) is 36.8 Å². The summed E-state index contributed by atoms with van der Waals surface area (Å²) in [5.74, 6) is -0.915. The molecule has 0 aliphatic carbocycles. The van der Waals surface area contributed by atoms with Gasteiger partial charge < -0.3 is 4.90 Å². The summed E-state index contributed by atoms with van der Waals surface area (Å²) in [6.45, 7) is 0.741. The molecular formula is C21H22FN5O5S. The van der Waals surface area contributed by atoms with Crippen molar-refractivity contribution in [1.82, 2.24) is 23.3 Å². The Balaban J connectivity index is 1.58. The average Bonchev–Trinajstić information content (AvgIpc) is 3.08. The summed E-state index contributed by atoms with van der Waals surface area (Å²) < 4.78 is 42.4. The minimum Gasteiger partial charge on any atom is -0.337 e. The predicted octanol–water partition coefficient (Wildman–Crippen LogP) is 0.308. The lowest BCUT2D eigenvalue weighted by Gasteiger charge is -2.22. The second kappa shape index (κ2) is 8.52. The lowest BCUT2D eigenvalue weighted by atomic mass is 10.2. The number of sulfonamides is 1. The fourth-order valence-corrected chi connectivity index (χ4v) is 5.33. The number of fused-ring (bicyclic) bond motifs is 1. The fourth-order valence-electron chi connectivity index (χ4n) is 3.86. The van der Waals surface area contributed by atoms with Gasteiger partial charge in [0.15, 0.2) is 0 Å². The molecule has 3 heterocycles. The summed E-state index contributed by atoms with van der Waals surface area (Å²) >= 11 is 0. The summed E-state index contributed by atoms with van der Waals surface area (Å²) in [6.07, 6.45) is 1.71. The molecule has 4 rings (SSSR count). The first-order valence-electron chi connectivity index (χ1n) is 10.2. The van der Waals surface area contributed by atoms with E-state index in [0.717, 1.165) is 16.7 Å². The summed E-state index contributed by atoms with van der Waals surface area (Å²) in [7, 11) is -0.984. The molecule has 3 aromatic rings. The summed E-state index contributed by atoms with van der Waals surface area (Å²) in [4.78, 5) is 43.3. The summed E-state index contributed by atoms with van der Waals surface area (Å²) in [5.41, 5.74) is -0.725. The molecular weight excluding hydrogens is 453 g/mol. The van der Waals surface area contributed by atoms with Crippen molar-refractivity contribution in [1.29, 1.82) is 0 Å². The second-order valence-electron chi connectivity index (χ2n) is 7.80. The van der Waals surface area contributed by atoms with Gasteiger partial charge in [0, 0.05) is 46.5 Å². The normalized spacial score (nSPS) is 15.5. The van der Waals surface area contributed by atoms with Crippen LogP contribution in [0.15, 0.2) is 51.0 Å². The van der Waals surface area contributed by atoms with Crippen LogP contribution in [0, 0.1) is 5.82 Å². The fraction of sp³-hybridized carbons (Fsp3) is 0.333. The Kier molecular flexibility index (Phi) is 5.89. The van der Waals surface area contributed by atoms with Gasteiger partial charge in [-0.1, -0.05) is 0 Å².